The third kappa shape index (κ3) is 36.7. The van der Waals surface area contributed by atoms with Crippen LogP contribution < -0.4 is 0 Å². The molecule has 0 unspecified atom stereocenters. The van der Waals surface area contributed by atoms with Crippen LogP contribution in [0.5, 0.6) is 0 Å². The average Bonchev–Trinajstić information content (AvgIpc) is 3.08. The van der Waals surface area contributed by atoms with Crippen molar-refractivity contribution in [3.8, 4) is 0 Å². The van der Waals surface area contributed by atoms with Crippen LogP contribution in [0.1, 0.15) is 201 Å². The highest BCUT2D eigenvalue weighted by atomic mass is 32.2. The second kappa shape index (κ2) is 36.4. The van der Waals surface area contributed by atoms with Crippen molar-refractivity contribution in [2.45, 2.75) is 206 Å². The number of allylic oxidation sites excluding steroid dienone is 2. The summed E-state index contributed by atoms with van der Waals surface area (Å²) in [6, 6.07) is 0. The molecule has 0 amide bonds. The van der Waals surface area contributed by atoms with Crippen molar-refractivity contribution in [3.63, 3.8) is 0 Å². The molecule has 0 fully saturated rings. The summed E-state index contributed by atoms with van der Waals surface area (Å²) in [6.45, 7) is 10.8. The summed E-state index contributed by atoms with van der Waals surface area (Å²) in [6.07, 6.45) is 36.9. The molecule has 0 atom stereocenters. The summed E-state index contributed by atoms with van der Waals surface area (Å²) in [4.78, 5) is 39.4. The normalized spacial score (nSPS) is 12.2. The zero-order valence-corrected chi connectivity index (χ0v) is 35.8. The van der Waals surface area contributed by atoms with Crippen LogP contribution >= 0.6 is 11.8 Å². The Hall–Kier alpha value is -1.60. The molecule has 0 saturated carbocycles. The van der Waals surface area contributed by atoms with Crippen LogP contribution in [0.4, 0.5) is 0 Å². The Morgan fingerprint density at radius 3 is 1.48 bits per heavy atom. The molecule has 0 heterocycles. The maximum absolute atomic E-state index is 13.0. The fourth-order valence-corrected chi connectivity index (χ4v) is 7.88. The van der Waals surface area contributed by atoms with Gasteiger partial charge in [0.1, 0.15) is 13.2 Å². The Bertz CT molecular complexity index is 863. The summed E-state index contributed by atoms with van der Waals surface area (Å²) < 4.78 is 10.7. The zero-order chi connectivity index (χ0) is 38.5. The van der Waals surface area contributed by atoms with E-state index in [2.05, 4.69) is 58.8 Å². The van der Waals surface area contributed by atoms with Crippen molar-refractivity contribution < 1.29 is 23.9 Å². The van der Waals surface area contributed by atoms with Gasteiger partial charge < -0.3 is 14.4 Å². The van der Waals surface area contributed by atoms with Crippen molar-refractivity contribution in [3.05, 3.63) is 24.3 Å². The van der Waals surface area contributed by atoms with Crippen molar-refractivity contribution in [2.75, 3.05) is 33.9 Å². The molecule has 0 rings (SSSR count). The van der Waals surface area contributed by atoms with Gasteiger partial charge in [-0.15, -0.1) is 0 Å². The summed E-state index contributed by atoms with van der Waals surface area (Å²) in [5.41, 5.74) is 0.219. The topological polar surface area (TPSA) is 72.9 Å². The fourth-order valence-electron chi connectivity index (χ4n) is 6.67. The van der Waals surface area contributed by atoms with Gasteiger partial charge in [0.15, 0.2) is 5.12 Å². The molecule has 7 heteroatoms. The summed E-state index contributed by atoms with van der Waals surface area (Å²) in [5, 5.41) is 0.729. The first kappa shape index (κ1) is 50.4. The van der Waals surface area contributed by atoms with E-state index in [1.807, 2.05) is 12.2 Å². The molecule has 0 N–H and O–H groups in total. The van der Waals surface area contributed by atoms with Gasteiger partial charge in [0.05, 0.1) is 0 Å². The van der Waals surface area contributed by atoms with Crippen LogP contribution in [0.15, 0.2) is 24.3 Å². The van der Waals surface area contributed by atoms with Crippen molar-refractivity contribution >= 4 is 28.8 Å². The number of esters is 2. The minimum absolute atomic E-state index is 0.0909. The molecular weight excluding hydrogens is 667 g/mol. The Labute approximate surface area is 326 Å². The summed E-state index contributed by atoms with van der Waals surface area (Å²) in [7, 11) is 4.23. The van der Waals surface area contributed by atoms with E-state index in [0.717, 1.165) is 109 Å². The first-order chi connectivity index (χ1) is 25.1. The van der Waals surface area contributed by atoms with Crippen LogP contribution in [0.25, 0.3) is 0 Å². The smallest absolute Gasteiger partial charge is 0.306 e. The maximum atomic E-state index is 13.0. The summed E-state index contributed by atoms with van der Waals surface area (Å²) in [5.74, 6) is -0.182. The number of thioether (sulfide) groups is 1. The Kier molecular flexibility index (Phi) is 35.3. The highest BCUT2D eigenvalue weighted by Crippen LogP contribution is 2.29. The standard InChI is InChI=1S/C45H83NO5S/c1-7-9-11-13-15-23-29-38-50-42(47)34-27-21-17-19-25-32-41(52-44(49)36-31-37-45(3,4)40-46(5)6)33-26-20-18-22-28-35-43(48)51-39-30-24-16-14-12-10-8-2/h23-24,29-30,41H,7-22,25-28,31-40H2,1-6H3/b29-23-,30-24-. The minimum atomic E-state index is -0.0909. The van der Waals surface area contributed by atoms with Gasteiger partial charge in [-0.25, -0.2) is 0 Å². The molecule has 0 aromatic heterocycles. The van der Waals surface area contributed by atoms with E-state index in [4.69, 9.17) is 9.47 Å². The highest BCUT2D eigenvalue weighted by Gasteiger charge is 2.20. The lowest BCUT2D eigenvalue weighted by Crippen LogP contribution is -2.28. The molecular formula is C45H83NO5S. The van der Waals surface area contributed by atoms with Crippen LogP contribution in [-0.2, 0) is 23.9 Å². The highest BCUT2D eigenvalue weighted by molar-refractivity contribution is 8.14. The number of nitrogens with zero attached hydrogens (tertiary/aromatic N) is 1. The van der Waals surface area contributed by atoms with Gasteiger partial charge in [-0.2, -0.15) is 0 Å². The van der Waals surface area contributed by atoms with Crippen molar-refractivity contribution in [2.24, 2.45) is 5.41 Å². The minimum Gasteiger partial charge on any atom is -0.461 e. The predicted octanol–water partition coefficient (Wildman–Crippen LogP) is 13.0. The molecule has 0 aliphatic rings. The number of carbonyl (C=O) groups is 3. The predicted molar refractivity (Wildman–Crippen MR) is 225 cm³/mol. The molecule has 0 radical (unpaired) electrons. The number of rotatable bonds is 37. The molecule has 0 bridgehead atoms. The molecule has 0 saturated heterocycles. The maximum Gasteiger partial charge on any atom is 0.306 e. The van der Waals surface area contributed by atoms with E-state index in [1.54, 1.807) is 11.8 Å². The van der Waals surface area contributed by atoms with E-state index >= 15 is 0 Å². The second-order valence-electron chi connectivity index (χ2n) is 16.0. The van der Waals surface area contributed by atoms with E-state index in [1.165, 1.54) is 51.4 Å². The molecule has 52 heavy (non-hydrogen) atoms. The van der Waals surface area contributed by atoms with E-state index in [-0.39, 0.29) is 17.4 Å². The molecule has 0 aliphatic carbocycles. The lowest BCUT2D eigenvalue weighted by atomic mass is 9.87. The number of carbonyl (C=O) groups excluding carboxylic acids is 3. The average molecular weight is 750 g/mol. The lowest BCUT2D eigenvalue weighted by molar-refractivity contribution is -0.143. The van der Waals surface area contributed by atoms with Crippen molar-refractivity contribution in [1.82, 2.24) is 4.90 Å². The van der Waals surface area contributed by atoms with Gasteiger partial charge in [-0.1, -0.05) is 154 Å². The van der Waals surface area contributed by atoms with Crippen LogP contribution in [0.3, 0.4) is 0 Å². The lowest BCUT2D eigenvalue weighted by Gasteiger charge is -2.28. The van der Waals surface area contributed by atoms with Gasteiger partial charge in [0.2, 0.25) is 0 Å². The number of hydrogen-bond donors (Lipinski definition) is 0. The third-order valence-electron chi connectivity index (χ3n) is 9.55. The Morgan fingerprint density at radius 2 is 1.02 bits per heavy atom. The van der Waals surface area contributed by atoms with Gasteiger partial charge in [-0.3, -0.25) is 14.4 Å². The fraction of sp³-hybridized carbons (Fsp3) is 0.844. The number of hydrogen-bond acceptors (Lipinski definition) is 7. The molecule has 0 aromatic rings. The molecule has 0 aliphatic heterocycles. The Balaban J connectivity index is 4.35. The largest absolute Gasteiger partial charge is 0.461 e. The molecule has 6 nitrogen and oxygen atoms in total. The van der Waals surface area contributed by atoms with Crippen molar-refractivity contribution in [1.29, 1.82) is 0 Å². The van der Waals surface area contributed by atoms with Crippen LogP contribution in [0.2, 0.25) is 0 Å². The van der Waals surface area contributed by atoms with Crippen LogP contribution in [0, 0.1) is 5.41 Å². The zero-order valence-electron chi connectivity index (χ0n) is 35.0. The quantitative estimate of drug-likeness (QED) is 0.0356. The summed E-state index contributed by atoms with van der Waals surface area (Å²) >= 11 is 1.60. The van der Waals surface area contributed by atoms with Gasteiger partial charge in [0, 0.05) is 31.1 Å². The van der Waals surface area contributed by atoms with E-state index in [9.17, 15) is 14.4 Å². The number of unbranched alkanes of at least 4 members (excludes halogenated alkanes) is 16. The SMILES string of the molecule is CCCCCC/C=C\COC(=O)CCCCCCCC(CCCCCCCC(=O)OC/C=C\CCCCCC)SC(=O)CCCC(C)(C)CN(C)C. The second-order valence-corrected chi connectivity index (χ2v) is 17.3. The van der Waals surface area contributed by atoms with E-state index in [0.29, 0.717) is 42.8 Å². The number of ether oxygens (including phenoxy) is 2. The van der Waals surface area contributed by atoms with Gasteiger partial charge in [-0.05, 0) is 83.7 Å². The van der Waals surface area contributed by atoms with Gasteiger partial charge >= 0.3 is 11.9 Å². The first-order valence-electron chi connectivity index (χ1n) is 21.5. The Morgan fingerprint density at radius 1 is 0.577 bits per heavy atom. The van der Waals surface area contributed by atoms with E-state index < -0.39 is 0 Å². The third-order valence-corrected chi connectivity index (χ3v) is 10.8. The molecule has 0 aromatic carbocycles. The first-order valence-corrected chi connectivity index (χ1v) is 22.4. The van der Waals surface area contributed by atoms with Gasteiger partial charge in [0.25, 0.3) is 0 Å². The van der Waals surface area contributed by atoms with Crippen LogP contribution in [-0.4, -0.2) is 61.1 Å². The molecule has 304 valence electrons. The monoisotopic (exact) mass is 750 g/mol. The molecule has 0 spiro atoms.